The van der Waals surface area contributed by atoms with E-state index in [4.69, 9.17) is 4.42 Å². The number of nitrogens with zero attached hydrogens (tertiary/aromatic N) is 2. The molecule has 3 N–H and O–H groups in total. The van der Waals surface area contributed by atoms with Crippen molar-refractivity contribution in [1.82, 2.24) is 16.0 Å². The van der Waals surface area contributed by atoms with Crippen LogP contribution < -0.4 is 20.9 Å². The van der Waals surface area contributed by atoms with E-state index in [0.29, 0.717) is 18.3 Å². The highest BCUT2D eigenvalue weighted by Crippen LogP contribution is 2.19. The minimum atomic E-state index is -0.169. The number of aliphatic imine (C=N–C) groups is 1. The average Bonchev–Trinajstić information content (AvgIpc) is 3.36. The van der Waals surface area contributed by atoms with Crippen molar-refractivity contribution in [3.63, 3.8) is 0 Å². The van der Waals surface area contributed by atoms with Crippen LogP contribution in [0.2, 0.25) is 0 Å². The highest BCUT2D eigenvalue weighted by molar-refractivity contribution is 14.0. The van der Waals surface area contributed by atoms with Crippen molar-refractivity contribution in [2.45, 2.75) is 25.8 Å². The maximum absolute atomic E-state index is 12.0. The molecule has 2 heterocycles. The third-order valence-electron chi connectivity index (χ3n) is 4.87. The molecule has 8 heteroatoms. The fraction of sp³-hybridized carbons (Fsp3) is 0.429. The van der Waals surface area contributed by atoms with E-state index in [9.17, 15) is 4.79 Å². The Morgan fingerprint density at radius 1 is 1.21 bits per heavy atom. The predicted octanol–water partition coefficient (Wildman–Crippen LogP) is 2.77. The quantitative estimate of drug-likeness (QED) is 0.231. The van der Waals surface area contributed by atoms with Gasteiger partial charge >= 0.3 is 0 Å². The van der Waals surface area contributed by atoms with Gasteiger partial charge in [0, 0.05) is 50.5 Å². The van der Waals surface area contributed by atoms with Crippen LogP contribution >= 0.6 is 24.0 Å². The van der Waals surface area contributed by atoms with Crippen LogP contribution in [-0.4, -0.2) is 51.1 Å². The van der Waals surface area contributed by atoms with Gasteiger partial charge in [0.05, 0.1) is 6.26 Å². The van der Waals surface area contributed by atoms with E-state index in [1.54, 1.807) is 13.1 Å². The van der Waals surface area contributed by atoms with Gasteiger partial charge in [-0.2, -0.15) is 0 Å². The first kappa shape index (κ1) is 23.1. The van der Waals surface area contributed by atoms with E-state index in [0.717, 1.165) is 44.0 Å². The molecule has 1 unspecified atom stereocenters. The Labute approximate surface area is 189 Å². The van der Waals surface area contributed by atoms with Crippen molar-refractivity contribution < 1.29 is 9.21 Å². The first-order chi connectivity index (χ1) is 13.7. The van der Waals surface area contributed by atoms with E-state index >= 15 is 0 Å². The lowest BCUT2D eigenvalue weighted by Gasteiger charge is -2.20. The monoisotopic (exact) mass is 511 g/mol. The molecule has 1 aromatic carbocycles. The number of halogens is 1. The van der Waals surface area contributed by atoms with Crippen LogP contribution in [0.4, 0.5) is 5.69 Å². The summed E-state index contributed by atoms with van der Waals surface area (Å²) in [4.78, 5) is 18.7. The number of benzene rings is 1. The molecule has 1 aliphatic heterocycles. The summed E-state index contributed by atoms with van der Waals surface area (Å²) in [6, 6.07) is 12.6. The van der Waals surface area contributed by atoms with Gasteiger partial charge in [0.15, 0.2) is 11.7 Å². The van der Waals surface area contributed by atoms with Crippen LogP contribution in [0, 0.1) is 6.92 Å². The van der Waals surface area contributed by atoms with E-state index in [2.05, 4.69) is 50.1 Å². The molecule has 29 heavy (non-hydrogen) atoms. The number of carbonyl (C=O) groups is 1. The predicted molar refractivity (Wildman–Crippen MR) is 127 cm³/mol. The normalized spacial score (nSPS) is 16.3. The van der Waals surface area contributed by atoms with Gasteiger partial charge in [0.25, 0.3) is 5.91 Å². The Balaban J connectivity index is 0.00000300. The molecule has 2 aromatic rings. The summed E-state index contributed by atoms with van der Waals surface area (Å²) in [5.41, 5.74) is 2.11. The first-order valence-electron chi connectivity index (χ1n) is 9.77. The Kier molecular flexibility index (Phi) is 9.30. The Morgan fingerprint density at radius 3 is 2.66 bits per heavy atom. The summed E-state index contributed by atoms with van der Waals surface area (Å²) in [5.74, 6) is 1.01. The number of amides is 1. The zero-order valence-electron chi connectivity index (χ0n) is 17.0. The zero-order chi connectivity index (χ0) is 19.8. The lowest BCUT2D eigenvalue weighted by atomic mass is 10.2. The minimum Gasteiger partial charge on any atom is -0.459 e. The molecule has 0 saturated carbocycles. The summed E-state index contributed by atoms with van der Waals surface area (Å²) in [6.45, 7) is 5.16. The van der Waals surface area contributed by atoms with Crippen molar-refractivity contribution in [1.29, 1.82) is 0 Å². The standard InChI is InChI=1S/C21H29N5O2.HI/c1-16-10-14-28-19(16)20(27)23-11-6-12-24-21(22-2)25-17-9-13-26(15-17)18-7-4-3-5-8-18;/h3-5,7-8,10,14,17H,6,9,11-13,15H2,1-2H3,(H,23,27)(H2,22,24,25);1H. The zero-order valence-corrected chi connectivity index (χ0v) is 19.3. The molecule has 1 aliphatic rings. The van der Waals surface area contributed by atoms with Gasteiger partial charge in [-0.05, 0) is 38.0 Å². The van der Waals surface area contributed by atoms with Gasteiger partial charge in [-0.25, -0.2) is 0 Å². The van der Waals surface area contributed by atoms with Crippen LogP contribution in [0.25, 0.3) is 0 Å². The second-order valence-electron chi connectivity index (χ2n) is 6.95. The van der Waals surface area contributed by atoms with Crippen LogP contribution in [0.5, 0.6) is 0 Å². The highest BCUT2D eigenvalue weighted by Gasteiger charge is 2.23. The molecule has 1 atom stereocenters. The van der Waals surface area contributed by atoms with Crippen molar-refractivity contribution in [3.8, 4) is 0 Å². The van der Waals surface area contributed by atoms with Gasteiger partial charge in [0.2, 0.25) is 0 Å². The lowest BCUT2D eigenvalue weighted by molar-refractivity contribution is 0.0925. The molecular weight excluding hydrogens is 481 g/mol. The molecule has 0 spiro atoms. The minimum absolute atomic E-state index is 0. The average molecular weight is 511 g/mol. The molecule has 1 amide bonds. The molecule has 158 valence electrons. The molecule has 0 aliphatic carbocycles. The van der Waals surface area contributed by atoms with Crippen molar-refractivity contribution in [2.24, 2.45) is 4.99 Å². The fourth-order valence-electron chi connectivity index (χ4n) is 3.32. The lowest BCUT2D eigenvalue weighted by Crippen LogP contribution is -2.45. The molecular formula is C21H30IN5O2. The van der Waals surface area contributed by atoms with Crippen LogP contribution in [0.15, 0.2) is 52.1 Å². The molecule has 7 nitrogen and oxygen atoms in total. The number of para-hydroxylation sites is 1. The number of hydrogen-bond donors (Lipinski definition) is 3. The smallest absolute Gasteiger partial charge is 0.287 e. The van der Waals surface area contributed by atoms with Gasteiger partial charge in [-0.15, -0.1) is 24.0 Å². The summed E-state index contributed by atoms with van der Waals surface area (Å²) < 4.78 is 5.19. The highest BCUT2D eigenvalue weighted by atomic mass is 127. The second-order valence-corrected chi connectivity index (χ2v) is 6.95. The number of hydrogen-bond acceptors (Lipinski definition) is 4. The molecule has 1 aromatic heterocycles. The number of rotatable bonds is 7. The summed E-state index contributed by atoms with van der Waals surface area (Å²) in [5, 5.41) is 9.68. The van der Waals surface area contributed by atoms with Crippen molar-refractivity contribution in [2.75, 3.05) is 38.1 Å². The third-order valence-corrected chi connectivity index (χ3v) is 4.87. The van der Waals surface area contributed by atoms with Gasteiger partial charge in [0.1, 0.15) is 0 Å². The summed E-state index contributed by atoms with van der Waals surface area (Å²) >= 11 is 0. The molecule has 0 bridgehead atoms. The van der Waals surface area contributed by atoms with Crippen molar-refractivity contribution in [3.05, 3.63) is 54.0 Å². The maximum atomic E-state index is 12.0. The fourth-order valence-corrected chi connectivity index (χ4v) is 3.32. The second kappa shape index (κ2) is 11.7. The molecule has 0 radical (unpaired) electrons. The number of furan rings is 1. The Hall–Kier alpha value is -2.23. The van der Waals surface area contributed by atoms with E-state index < -0.39 is 0 Å². The van der Waals surface area contributed by atoms with Gasteiger partial charge in [-0.3, -0.25) is 9.79 Å². The van der Waals surface area contributed by atoms with Gasteiger partial charge < -0.3 is 25.3 Å². The molecule has 1 saturated heterocycles. The SMILES string of the molecule is CN=C(NCCCNC(=O)c1occc1C)NC1CCN(c2ccccc2)C1.I. The van der Waals surface area contributed by atoms with Crippen LogP contribution in [-0.2, 0) is 0 Å². The molecule has 3 rings (SSSR count). The number of anilines is 1. The summed E-state index contributed by atoms with van der Waals surface area (Å²) in [7, 11) is 1.78. The number of guanidine groups is 1. The van der Waals surface area contributed by atoms with Crippen LogP contribution in [0.3, 0.4) is 0 Å². The third kappa shape index (κ3) is 6.66. The number of aryl methyl sites for hydroxylation is 1. The first-order valence-corrected chi connectivity index (χ1v) is 9.77. The topological polar surface area (TPSA) is 81.9 Å². The number of carbonyl (C=O) groups excluding carboxylic acids is 1. The van der Waals surface area contributed by atoms with E-state index in [-0.39, 0.29) is 29.9 Å². The Morgan fingerprint density at radius 2 is 1.97 bits per heavy atom. The van der Waals surface area contributed by atoms with Crippen LogP contribution in [0.1, 0.15) is 29.0 Å². The summed E-state index contributed by atoms with van der Waals surface area (Å²) in [6.07, 6.45) is 3.41. The number of nitrogens with one attached hydrogen (secondary N) is 3. The van der Waals surface area contributed by atoms with Gasteiger partial charge in [-0.1, -0.05) is 18.2 Å². The van der Waals surface area contributed by atoms with Crippen molar-refractivity contribution >= 4 is 41.5 Å². The molecule has 1 fully saturated rings. The maximum Gasteiger partial charge on any atom is 0.287 e. The Bertz CT molecular complexity index is 793. The van der Waals surface area contributed by atoms with E-state index in [1.165, 1.54) is 12.0 Å². The van der Waals surface area contributed by atoms with E-state index in [1.807, 2.05) is 13.0 Å². The largest absolute Gasteiger partial charge is 0.459 e.